The van der Waals surface area contributed by atoms with E-state index in [0.29, 0.717) is 16.7 Å². The monoisotopic (exact) mass is 423 g/mol. The summed E-state index contributed by atoms with van der Waals surface area (Å²) in [5.74, 6) is 0.116. The zero-order valence-electron chi connectivity index (χ0n) is 14.2. The average molecular weight is 424 g/mol. The number of nitrogens with zero attached hydrogens (tertiary/aromatic N) is 1. The van der Waals surface area contributed by atoms with Crippen LogP contribution in [-0.2, 0) is 9.84 Å². The molecule has 0 fully saturated rings. The number of anilines is 2. The number of hydrogen-bond donors (Lipinski definition) is 1. The Hall–Kier alpha value is -1.53. The van der Waals surface area contributed by atoms with Crippen LogP contribution in [0.15, 0.2) is 51.8 Å². The van der Waals surface area contributed by atoms with Crippen molar-refractivity contribution < 1.29 is 13.5 Å². The highest BCUT2D eigenvalue weighted by molar-refractivity contribution is 9.10. The van der Waals surface area contributed by atoms with E-state index >= 15 is 0 Å². The molecule has 1 aliphatic rings. The van der Waals surface area contributed by atoms with Crippen molar-refractivity contribution in [3.8, 4) is 5.75 Å². The molecule has 0 amide bonds. The molecule has 0 bridgehead atoms. The number of hydrogen-bond acceptors (Lipinski definition) is 4. The van der Waals surface area contributed by atoms with Crippen LogP contribution >= 0.6 is 15.9 Å². The number of phenolic OH excluding ortho intramolecular Hbond substituents is 1. The molecule has 25 heavy (non-hydrogen) atoms. The van der Waals surface area contributed by atoms with Crippen molar-refractivity contribution in [2.75, 3.05) is 17.2 Å². The molecule has 1 atom stereocenters. The van der Waals surface area contributed by atoms with Crippen LogP contribution in [-0.4, -0.2) is 25.8 Å². The number of halogens is 1. The van der Waals surface area contributed by atoms with E-state index in [9.17, 15) is 13.5 Å². The van der Waals surface area contributed by atoms with Crippen molar-refractivity contribution in [2.24, 2.45) is 5.92 Å². The predicted octanol–water partition coefficient (Wildman–Crippen LogP) is 4.89. The van der Waals surface area contributed by atoms with Gasteiger partial charge in [0.15, 0.2) is 9.84 Å². The number of para-hydroxylation sites is 1. The molecule has 0 saturated heterocycles. The predicted molar refractivity (Wildman–Crippen MR) is 104 cm³/mol. The Kier molecular flexibility index (Phi) is 5.39. The van der Waals surface area contributed by atoms with Crippen LogP contribution in [0.2, 0.25) is 0 Å². The Morgan fingerprint density at radius 1 is 1.24 bits per heavy atom. The van der Waals surface area contributed by atoms with Gasteiger partial charge < -0.3 is 10.0 Å². The van der Waals surface area contributed by atoms with Crippen LogP contribution in [0, 0.1) is 5.92 Å². The summed E-state index contributed by atoms with van der Waals surface area (Å²) in [5, 5.41) is 10.0. The first kappa shape index (κ1) is 18.3. The summed E-state index contributed by atoms with van der Waals surface area (Å²) in [4.78, 5) is 2.26. The van der Waals surface area contributed by atoms with Crippen molar-refractivity contribution in [3.05, 3.63) is 46.9 Å². The molecule has 0 aromatic heterocycles. The summed E-state index contributed by atoms with van der Waals surface area (Å²) in [7, 11) is -3.46. The van der Waals surface area contributed by atoms with E-state index in [4.69, 9.17) is 0 Å². The molecule has 2 aromatic rings. The molecule has 0 aliphatic carbocycles. The number of sulfone groups is 1. The number of fused-ring (bicyclic) bond motifs is 1. The largest absolute Gasteiger partial charge is 0.507 e. The summed E-state index contributed by atoms with van der Waals surface area (Å²) >= 11 is 3.32. The standard InChI is InChI=1S/C19H22BrNO3S/c1-2-3-7-14-12-21(15-8-5-4-6-9-15)17-10-16(20)18(22)11-19(17)25(23,24)13-14/h4-6,8-11,14,22H,2-3,7,12-13H2,1H3. The van der Waals surface area contributed by atoms with Gasteiger partial charge in [0, 0.05) is 18.3 Å². The highest BCUT2D eigenvalue weighted by Gasteiger charge is 2.33. The van der Waals surface area contributed by atoms with E-state index in [1.165, 1.54) is 6.07 Å². The lowest BCUT2D eigenvalue weighted by atomic mass is 10.0. The highest BCUT2D eigenvalue weighted by Crippen LogP contribution is 2.42. The van der Waals surface area contributed by atoms with Crippen molar-refractivity contribution in [2.45, 2.75) is 31.1 Å². The molecule has 0 spiro atoms. The minimum Gasteiger partial charge on any atom is -0.507 e. The van der Waals surface area contributed by atoms with Gasteiger partial charge >= 0.3 is 0 Å². The van der Waals surface area contributed by atoms with E-state index < -0.39 is 9.84 Å². The van der Waals surface area contributed by atoms with Gasteiger partial charge in [-0.2, -0.15) is 0 Å². The number of unbranched alkanes of at least 4 members (excludes halogenated alkanes) is 1. The van der Waals surface area contributed by atoms with Crippen LogP contribution in [0.5, 0.6) is 5.75 Å². The lowest BCUT2D eigenvalue weighted by Crippen LogP contribution is -2.26. The molecule has 1 aliphatic heterocycles. The van der Waals surface area contributed by atoms with Crippen molar-refractivity contribution >= 4 is 37.1 Å². The Morgan fingerprint density at radius 3 is 2.64 bits per heavy atom. The number of phenols is 1. The molecular formula is C19H22BrNO3S. The third-order valence-electron chi connectivity index (χ3n) is 4.58. The lowest BCUT2D eigenvalue weighted by molar-refractivity contribution is 0.470. The zero-order chi connectivity index (χ0) is 18.0. The molecule has 2 aromatic carbocycles. The number of aromatic hydroxyl groups is 1. The van der Waals surface area contributed by atoms with Gasteiger partial charge in [-0.05, 0) is 46.5 Å². The zero-order valence-corrected chi connectivity index (χ0v) is 16.6. The number of rotatable bonds is 4. The molecule has 6 heteroatoms. The van der Waals surface area contributed by atoms with Crippen LogP contribution in [0.3, 0.4) is 0 Å². The average Bonchev–Trinajstić information content (AvgIpc) is 2.69. The summed E-state index contributed by atoms with van der Waals surface area (Å²) < 4.78 is 26.4. The van der Waals surface area contributed by atoms with E-state index in [0.717, 1.165) is 24.9 Å². The second-order valence-electron chi connectivity index (χ2n) is 6.51. The molecule has 1 unspecified atom stereocenters. The van der Waals surface area contributed by atoms with E-state index in [-0.39, 0.29) is 22.3 Å². The highest BCUT2D eigenvalue weighted by atomic mass is 79.9. The van der Waals surface area contributed by atoms with Crippen molar-refractivity contribution in [1.82, 2.24) is 0 Å². The first-order valence-corrected chi connectivity index (χ1v) is 10.9. The summed E-state index contributed by atoms with van der Waals surface area (Å²) in [6.07, 6.45) is 2.93. The second-order valence-corrected chi connectivity index (χ2v) is 9.36. The molecule has 0 saturated carbocycles. The normalized spacial score (nSPS) is 19.3. The van der Waals surface area contributed by atoms with Crippen LogP contribution < -0.4 is 4.90 Å². The van der Waals surface area contributed by atoms with Gasteiger partial charge in [0.2, 0.25) is 0 Å². The smallest absolute Gasteiger partial charge is 0.180 e. The summed E-state index contributed by atoms with van der Waals surface area (Å²) in [6.45, 7) is 2.76. The first-order chi connectivity index (χ1) is 11.9. The second kappa shape index (κ2) is 7.38. The van der Waals surface area contributed by atoms with Gasteiger partial charge in [-0.3, -0.25) is 0 Å². The molecule has 3 rings (SSSR count). The fourth-order valence-corrected chi connectivity index (χ4v) is 5.50. The maximum atomic E-state index is 13.0. The molecule has 4 nitrogen and oxygen atoms in total. The maximum Gasteiger partial charge on any atom is 0.180 e. The van der Waals surface area contributed by atoms with Crippen molar-refractivity contribution in [1.29, 1.82) is 0 Å². The van der Waals surface area contributed by atoms with E-state index in [2.05, 4.69) is 27.8 Å². The Morgan fingerprint density at radius 2 is 1.96 bits per heavy atom. The van der Waals surface area contributed by atoms with Gasteiger partial charge in [-0.1, -0.05) is 38.0 Å². The van der Waals surface area contributed by atoms with Gasteiger partial charge in [-0.25, -0.2) is 8.42 Å². The molecule has 1 heterocycles. The molecule has 0 radical (unpaired) electrons. The third kappa shape index (κ3) is 3.85. The van der Waals surface area contributed by atoms with Gasteiger partial charge in [0.25, 0.3) is 0 Å². The van der Waals surface area contributed by atoms with E-state index in [1.54, 1.807) is 6.07 Å². The SMILES string of the molecule is CCCCC1CN(c2ccccc2)c2cc(Br)c(O)cc2S(=O)(=O)C1. The number of benzene rings is 2. The molecule has 1 N–H and O–H groups in total. The van der Waals surface area contributed by atoms with Crippen LogP contribution in [0.1, 0.15) is 26.2 Å². The summed E-state index contributed by atoms with van der Waals surface area (Å²) in [5.41, 5.74) is 1.58. The quantitative estimate of drug-likeness (QED) is 0.760. The molecule has 134 valence electrons. The Bertz CT molecular complexity index is 852. The van der Waals surface area contributed by atoms with E-state index in [1.807, 2.05) is 30.3 Å². The minimum atomic E-state index is -3.46. The fourth-order valence-electron chi connectivity index (χ4n) is 3.32. The summed E-state index contributed by atoms with van der Waals surface area (Å²) in [6, 6.07) is 12.9. The van der Waals surface area contributed by atoms with Gasteiger partial charge in [0.1, 0.15) is 5.75 Å². The topological polar surface area (TPSA) is 57.6 Å². The Balaban J connectivity index is 2.16. The maximum absolute atomic E-state index is 13.0. The fraction of sp³-hybridized carbons (Fsp3) is 0.368. The minimum absolute atomic E-state index is 0.0534. The van der Waals surface area contributed by atoms with Crippen LogP contribution in [0.4, 0.5) is 11.4 Å². The first-order valence-electron chi connectivity index (χ1n) is 8.50. The van der Waals surface area contributed by atoms with Crippen LogP contribution in [0.25, 0.3) is 0 Å². The lowest BCUT2D eigenvalue weighted by Gasteiger charge is -2.27. The van der Waals surface area contributed by atoms with Gasteiger partial charge in [0.05, 0.1) is 20.8 Å². The van der Waals surface area contributed by atoms with Crippen molar-refractivity contribution in [3.63, 3.8) is 0 Å². The Labute approximate surface area is 157 Å². The molecular weight excluding hydrogens is 402 g/mol. The third-order valence-corrected chi connectivity index (χ3v) is 7.13. The van der Waals surface area contributed by atoms with Gasteiger partial charge in [-0.15, -0.1) is 0 Å².